The molecular weight excluding hydrogens is 358 g/mol. The molecule has 0 aliphatic carbocycles. The zero-order chi connectivity index (χ0) is 20.3. The van der Waals surface area contributed by atoms with E-state index in [4.69, 9.17) is 4.74 Å². The molecule has 8 nitrogen and oxygen atoms in total. The van der Waals surface area contributed by atoms with Gasteiger partial charge in [0.25, 0.3) is 5.91 Å². The number of benzene rings is 1. The molecule has 0 radical (unpaired) electrons. The van der Waals surface area contributed by atoms with Crippen LogP contribution in [0.25, 0.3) is 0 Å². The Kier molecular flexibility index (Phi) is 5.58. The number of esters is 1. The van der Waals surface area contributed by atoms with Crippen LogP contribution in [0, 0.1) is 13.8 Å². The number of aryl methyl sites for hydroxylation is 1. The van der Waals surface area contributed by atoms with Crippen molar-refractivity contribution in [1.82, 2.24) is 19.7 Å². The molecule has 0 fully saturated rings. The van der Waals surface area contributed by atoms with Gasteiger partial charge in [-0.05, 0) is 51.0 Å². The van der Waals surface area contributed by atoms with Gasteiger partial charge in [0.05, 0.1) is 18.2 Å². The molecule has 2 N–H and O–H groups in total. The van der Waals surface area contributed by atoms with E-state index in [0.717, 1.165) is 5.56 Å². The van der Waals surface area contributed by atoms with Crippen LogP contribution in [0.1, 0.15) is 51.5 Å². The lowest BCUT2D eigenvalue weighted by molar-refractivity contribution is 0.0376. The van der Waals surface area contributed by atoms with Crippen molar-refractivity contribution in [3.05, 3.63) is 65.0 Å². The normalized spacial score (nSPS) is 10.9. The fraction of sp³-hybridized carbons (Fsp3) is 0.300. The van der Waals surface area contributed by atoms with E-state index in [1.165, 1.54) is 6.33 Å². The molecule has 0 saturated heterocycles. The minimum absolute atomic E-state index is 0.227. The summed E-state index contributed by atoms with van der Waals surface area (Å²) in [5, 5.41) is 6.92. The summed E-state index contributed by atoms with van der Waals surface area (Å²) in [5.74, 6) is -0.744. The predicted octanol–water partition coefficient (Wildman–Crippen LogP) is 3.09. The number of nitrogens with zero attached hydrogens (tertiary/aromatic N) is 3. The third-order valence-corrected chi connectivity index (χ3v) is 4.23. The molecule has 0 aliphatic rings. The second kappa shape index (κ2) is 8.08. The molecule has 28 heavy (non-hydrogen) atoms. The quantitative estimate of drug-likeness (QED) is 0.639. The Morgan fingerprint density at radius 1 is 1.21 bits per heavy atom. The SMILES string of the molecule is Cc1[nH]c(C(=O)Nc2ccc(Cn3cncn3)cc2)c(C)c1C(=O)OC(C)C. The number of ether oxygens (including phenoxy) is 1. The van der Waals surface area contributed by atoms with E-state index in [2.05, 4.69) is 20.4 Å². The highest BCUT2D eigenvalue weighted by Gasteiger charge is 2.23. The van der Waals surface area contributed by atoms with Gasteiger partial charge in [-0.25, -0.2) is 14.5 Å². The van der Waals surface area contributed by atoms with E-state index >= 15 is 0 Å². The van der Waals surface area contributed by atoms with Gasteiger partial charge in [0, 0.05) is 11.4 Å². The van der Waals surface area contributed by atoms with Crippen LogP contribution in [-0.4, -0.2) is 37.7 Å². The third-order valence-electron chi connectivity index (χ3n) is 4.23. The van der Waals surface area contributed by atoms with Crippen molar-refractivity contribution in [2.24, 2.45) is 0 Å². The fourth-order valence-corrected chi connectivity index (χ4v) is 2.94. The van der Waals surface area contributed by atoms with Crippen molar-refractivity contribution in [2.75, 3.05) is 5.32 Å². The van der Waals surface area contributed by atoms with Crippen molar-refractivity contribution in [3.63, 3.8) is 0 Å². The smallest absolute Gasteiger partial charge is 0.340 e. The van der Waals surface area contributed by atoms with Gasteiger partial charge in [0.2, 0.25) is 0 Å². The van der Waals surface area contributed by atoms with Gasteiger partial charge in [-0.15, -0.1) is 0 Å². The minimum atomic E-state index is -0.433. The highest BCUT2D eigenvalue weighted by Crippen LogP contribution is 2.21. The summed E-state index contributed by atoms with van der Waals surface area (Å²) in [6, 6.07) is 7.47. The highest BCUT2D eigenvalue weighted by atomic mass is 16.5. The molecule has 1 amide bonds. The first-order chi connectivity index (χ1) is 13.3. The van der Waals surface area contributed by atoms with Crippen LogP contribution in [0.5, 0.6) is 0 Å². The summed E-state index contributed by atoms with van der Waals surface area (Å²) in [4.78, 5) is 31.9. The van der Waals surface area contributed by atoms with Crippen LogP contribution < -0.4 is 5.32 Å². The van der Waals surface area contributed by atoms with Crippen molar-refractivity contribution >= 4 is 17.6 Å². The lowest BCUT2D eigenvalue weighted by Gasteiger charge is -2.09. The van der Waals surface area contributed by atoms with E-state index in [1.54, 1.807) is 38.7 Å². The molecule has 146 valence electrons. The van der Waals surface area contributed by atoms with E-state index in [0.29, 0.717) is 34.7 Å². The summed E-state index contributed by atoms with van der Waals surface area (Å²) >= 11 is 0. The molecule has 0 unspecified atom stereocenters. The molecular formula is C20H23N5O3. The van der Waals surface area contributed by atoms with Crippen LogP contribution in [0.4, 0.5) is 5.69 Å². The average molecular weight is 381 g/mol. The lowest BCUT2D eigenvalue weighted by atomic mass is 10.1. The average Bonchev–Trinajstić information content (AvgIpc) is 3.23. The van der Waals surface area contributed by atoms with Crippen LogP contribution in [0.3, 0.4) is 0 Å². The maximum atomic E-state index is 12.7. The zero-order valence-electron chi connectivity index (χ0n) is 16.3. The molecule has 8 heteroatoms. The lowest BCUT2D eigenvalue weighted by Crippen LogP contribution is -2.15. The number of H-pyrrole nitrogens is 1. The van der Waals surface area contributed by atoms with E-state index in [9.17, 15) is 9.59 Å². The van der Waals surface area contributed by atoms with Crippen molar-refractivity contribution in [2.45, 2.75) is 40.3 Å². The van der Waals surface area contributed by atoms with Gasteiger partial charge in [-0.3, -0.25) is 4.79 Å². The number of hydrogen-bond acceptors (Lipinski definition) is 5. The van der Waals surface area contributed by atoms with Gasteiger partial charge < -0.3 is 15.0 Å². The van der Waals surface area contributed by atoms with E-state index in [1.807, 2.05) is 24.3 Å². The Balaban J connectivity index is 1.72. The molecule has 0 atom stereocenters. The summed E-state index contributed by atoms with van der Waals surface area (Å²) < 4.78 is 6.98. The number of aromatic amines is 1. The van der Waals surface area contributed by atoms with E-state index in [-0.39, 0.29) is 12.0 Å². The molecule has 1 aromatic carbocycles. The maximum Gasteiger partial charge on any atom is 0.340 e. The second-order valence-electron chi connectivity index (χ2n) is 6.82. The largest absolute Gasteiger partial charge is 0.459 e. The Morgan fingerprint density at radius 2 is 1.93 bits per heavy atom. The number of aromatic nitrogens is 4. The molecule has 0 bridgehead atoms. The molecule has 0 aliphatic heterocycles. The molecule has 0 spiro atoms. The second-order valence-corrected chi connectivity index (χ2v) is 6.82. The van der Waals surface area contributed by atoms with Gasteiger partial charge in [0.1, 0.15) is 18.3 Å². The number of hydrogen-bond donors (Lipinski definition) is 2. The third kappa shape index (κ3) is 4.28. The number of rotatable bonds is 6. The summed E-state index contributed by atoms with van der Waals surface area (Å²) in [6.07, 6.45) is 2.91. The van der Waals surface area contributed by atoms with Crippen molar-refractivity contribution in [1.29, 1.82) is 0 Å². The van der Waals surface area contributed by atoms with Gasteiger partial charge in [-0.2, -0.15) is 5.10 Å². The predicted molar refractivity (Wildman–Crippen MR) is 104 cm³/mol. The molecule has 2 aromatic heterocycles. The number of anilines is 1. The van der Waals surface area contributed by atoms with Crippen LogP contribution in [0.15, 0.2) is 36.9 Å². The summed E-state index contributed by atoms with van der Waals surface area (Å²) in [5.41, 5.74) is 3.63. The Bertz CT molecular complexity index is 972. The topological polar surface area (TPSA) is 102 Å². The van der Waals surface area contributed by atoms with Crippen molar-refractivity contribution < 1.29 is 14.3 Å². The van der Waals surface area contributed by atoms with Crippen LogP contribution >= 0.6 is 0 Å². The van der Waals surface area contributed by atoms with Crippen LogP contribution in [0.2, 0.25) is 0 Å². The number of carbonyl (C=O) groups excluding carboxylic acids is 2. The standard InChI is InChI=1S/C20H23N5O3/c1-12(2)28-20(27)17-13(3)18(23-14(17)4)19(26)24-16-7-5-15(6-8-16)9-25-11-21-10-22-25/h5-8,10-12,23H,9H2,1-4H3,(H,24,26). The molecule has 2 heterocycles. The zero-order valence-corrected chi connectivity index (χ0v) is 16.3. The molecule has 3 rings (SSSR count). The van der Waals surface area contributed by atoms with E-state index < -0.39 is 5.97 Å². The van der Waals surface area contributed by atoms with Gasteiger partial charge in [-0.1, -0.05) is 12.1 Å². The first-order valence-corrected chi connectivity index (χ1v) is 8.98. The summed E-state index contributed by atoms with van der Waals surface area (Å²) in [6.45, 7) is 7.66. The minimum Gasteiger partial charge on any atom is -0.459 e. The summed E-state index contributed by atoms with van der Waals surface area (Å²) in [7, 11) is 0. The van der Waals surface area contributed by atoms with Gasteiger partial charge in [0.15, 0.2) is 0 Å². The highest BCUT2D eigenvalue weighted by molar-refractivity contribution is 6.06. The van der Waals surface area contributed by atoms with Crippen LogP contribution in [-0.2, 0) is 11.3 Å². The Morgan fingerprint density at radius 3 is 2.54 bits per heavy atom. The first kappa shape index (κ1) is 19.3. The number of carbonyl (C=O) groups is 2. The monoisotopic (exact) mass is 381 g/mol. The van der Waals surface area contributed by atoms with Gasteiger partial charge >= 0.3 is 5.97 Å². The Labute approximate surface area is 162 Å². The molecule has 3 aromatic rings. The number of nitrogens with one attached hydrogen (secondary N) is 2. The molecule has 0 saturated carbocycles. The number of amides is 1. The first-order valence-electron chi connectivity index (χ1n) is 8.98. The van der Waals surface area contributed by atoms with Crippen molar-refractivity contribution in [3.8, 4) is 0 Å². The fourth-order valence-electron chi connectivity index (χ4n) is 2.94. The Hall–Kier alpha value is -3.42. The maximum absolute atomic E-state index is 12.7.